The van der Waals surface area contributed by atoms with E-state index in [0.717, 1.165) is 12.3 Å². The topological polar surface area (TPSA) is 26.0 Å². The zero-order valence-corrected chi connectivity index (χ0v) is 10.2. The summed E-state index contributed by atoms with van der Waals surface area (Å²) < 4.78 is 0. The summed E-state index contributed by atoms with van der Waals surface area (Å²) in [5.74, 6) is 0.767. The molecule has 3 heteroatoms. The Labute approximate surface area is 96.1 Å². The summed E-state index contributed by atoms with van der Waals surface area (Å²) in [6.45, 7) is 2.20. The minimum Gasteiger partial charge on any atom is -0.323 e. The smallest absolute Gasteiger partial charge is 0.0418 e. The van der Waals surface area contributed by atoms with Crippen molar-refractivity contribution < 1.29 is 0 Å². The number of rotatable bonds is 3. The van der Waals surface area contributed by atoms with Crippen LogP contribution in [0.2, 0.25) is 0 Å². The average Bonchev–Trinajstić information content (AvgIpc) is 2.48. The molecule has 1 aliphatic rings. The third kappa shape index (κ3) is 2.30. The molecule has 14 heavy (non-hydrogen) atoms. The minimum atomic E-state index is 0. The average molecular weight is 232 g/mol. The summed E-state index contributed by atoms with van der Waals surface area (Å²) in [7, 11) is 0. The highest BCUT2D eigenvalue weighted by atomic mass is 35.5. The van der Waals surface area contributed by atoms with Gasteiger partial charge in [-0.05, 0) is 37.3 Å². The molecule has 1 saturated carbocycles. The van der Waals surface area contributed by atoms with E-state index < -0.39 is 0 Å². The van der Waals surface area contributed by atoms with Crippen LogP contribution in [0, 0.1) is 5.92 Å². The van der Waals surface area contributed by atoms with Gasteiger partial charge >= 0.3 is 0 Å². The predicted octanol–water partition coefficient (Wildman–Crippen LogP) is 3.53. The van der Waals surface area contributed by atoms with Gasteiger partial charge in [0.1, 0.15) is 0 Å². The molecule has 0 unspecified atom stereocenters. The second-order valence-corrected chi connectivity index (χ2v) is 5.07. The molecule has 0 aromatic carbocycles. The molecule has 1 nitrogen and oxygen atoms in total. The van der Waals surface area contributed by atoms with E-state index in [-0.39, 0.29) is 12.4 Å². The quantitative estimate of drug-likeness (QED) is 0.846. The van der Waals surface area contributed by atoms with Gasteiger partial charge in [-0.2, -0.15) is 0 Å². The lowest BCUT2D eigenvalue weighted by Gasteiger charge is -2.30. The Kier molecular flexibility index (Phi) is 4.42. The van der Waals surface area contributed by atoms with Gasteiger partial charge in [0.2, 0.25) is 0 Å². The van der Waals surface area contributed by atoms with Gasteiger partial charge in [0, 0.05) is 15.8 Å². The van der Waals surface area contributed by atoms with E-state index in [1.807, 2.05) is 11.3 Å². The maximum atomic E-state index is 6.18. The summed E-state index contributed by atoms with van der Waals surface area (Å²) in [5, 5.41) is 0. The number of aryl methyl sites for hydroxylation is 1. The lowest BCUT2D eigenvalue weighted by molar-refractivity contribution is 0.267. The molecule has 2 rings (SSSR count). The molecule has 0 saturated heterocycles. The van der Waals surface area contributed by atoms with Gasteiger partial charge < -0.3 is 5.73 Å². The van der Waals surface area contributed by atoms with E-state index in [4.69, 9.17) is 5.73 Å². The Hall–Kier alpha value is -0.0500. The first kappa shape index (κ1) is 12.0. The van der Waals surface area contributed by atoms with Gasteiger partial charge in [-0.25, -0.2) is 0 Å². The zero-order valence-electron chi connectivity index (χ0n) is 8.53. The van der Waals surface area contributed by atoms with Crippen molar-refractivity contribution in [1.82, 2.24) is 0 Å². The molecular weight excluding hydrogens is 214 g/mol. The van der Waals surface area contributed by atoms with E-state index in [1.54, 1.807) is 0 Å². The Bertz CT molecular complexity index is 281. The summed E-state index contributed by atoms with van der Waals surface area (Å²) in [6.07, 6.45) is 5.19. The molecule has 1 aromatic heterocycles. The fourth-order valence-corrected chi connectivity index (χ4v) is 2.84. The van der Waals surface area contributed by atoms with Crippen LogP contribution in [0.4, 0.5) is 0 Å². The van der Waals surface area contributed by atoms with Crippen LogP contribution in [-0.2, 0) is 6.42 Å². The van der Waals surface area contributed by atoms with Crippen LogP contribution in [0.1, 0.15) is 42.0 Å². The maximum absolute atomic E-state index is 6.18. The first-order valence-electron chi connectivity index (χ1n) is 5.15. The number of thiophene rings is 1. The van der Waals surface area contributed by atoms with Crippen LogP contribution >= 0.6 is 23.7 Å². The molecule has 0 aliphatic heterocycles. The molecule has 80 valence electrons. The van der Waals surface area contributed by atoms with Crippen molar-refractivity contribution in [1.29, 1.82) is 0 Å². The molecule has 1 fully saturated rings. The monoisotopic (exact) mass is 231 g/mol. The van der Waals surface area contributed by atoms with Gasteiger partial charge in [0.15, 0.2) is 0 Å². The molecule has 0 radical (unpaired) electrons. The molecule has 1 aliphatic carbocycles. The largest absolute Gasteiger partial charge is 0.323 e. The van der Waals surface area contributed by atoms with E-state index in [2.05, 4.69) is 19.1 Å². The van der Waals surface area contributed by atoms with Crippen molar-refractivity contribution in [3.8, 4) is 0 Å². The minimum absolute atomic E-state index is 0. The molecular formula is C11H18ClNS. The summed E-state index contributed by atoms with van der Waals surface area (Å²) in [4.78, 5) is 2.85. The molecule has 0 amide bonds. The van der Waals surface area contributed by atoms with Crippen LogP contribution < -0.4 is 5.73 Å². The van der Waals surface area contributed by atoms with Crippen LogP contribution in [0.3, 0.4) is 0 Å². The molecule has 2 N–H and O–H groups in total. The van der Waals surface area contributed by atoms with Crippen LogP contribution in [0.25, 0.3) is 0 Å². The van der Waals surface area contributed by atoms with Gasteiger partial charge in [0.25, 0.3) is 0 Å². The van der Waals surface area contributed by atoms with E-state index in [9.17, 15) is 0 Å². The van der Waals surface area contributed by atoms with Crippen molar-refractivity contribution in [2.45, 2.75) is 38.6 Å². The molecule has 0 spiro atoms. The highest BCUT2D eigenvalue weighted by Crippen LogP contribution is 2.38. The SMILES string of the molecule is CCc1ccc([C@@H](N)C2CCC2)s1.Cl. The van der Waals surface area contributed by atoms with E-state index in [0.29, 0.717) is 6.04 Å². The first-order valence-corrected chi connectivity index (χ1v) is 5.97. The molecule has 0 bridgehead atoms. The van der Waals surface area contributed by atoms with Gasteiger partial charge in [0.05, 0.1) is 0 Å². The van der Waals surface area contributed by atoms with Crippen LogP contribution in [0.5, 0.6) is 0 Å². The summed E-state index contributed by atoms with van der Waals surface area (Å²) in [5.41, 5.74) is 6.18. The lowest BCUT2D eigenvalue weighted by Crippen LogP contribution is -2.25. The Morgan fingerprint density at radius 3 is 2.64 bits per heavy atom. The summed E-state index contributed by atoms with van der Waals surface area (Å²) in [6, 6.07) is 4.75. The molecule has 1 atom stereocenters. The van der Waals surface area contributed by atoms with Crippen molar-refractivity contribution in [3.05, 3.63) is 21.9 Å². The van der Waals surface area contributed by atoms with Crippen molar-refractivity contribution in [2.75, 3.05) is 0 Å². The third-order valence-electron chi connectivity index (χ3n) is 3.02. The predicted molar refractivity (Wildman–Crippen MR) is 65.2 cm³/mol. The normalized spacial score (nSPS) is 18.4. The fourth-order valence-electron chi connectivity index (χ4n) is 1.79. The second-order valence-electron chi connectivity index (χ2n) is 3.87. The van der Waals surface area contributed by atoms with Gasteiger partial charge in [-0.1, -0.05) is 13.3 Å². The number of nitrogens with two attached hydrogens (primary N) is 1. The number of halogens is 1. The lowest BCUT2D eigenvalue weighted by atomic mass is 9.79. The maximum Gasteiger partial charge on any atom is 0.0418 e. The van der Waals surface area contributed by atoms with Gasteiger partial charge in [-0.3, -0.25) is 0 Å². The third-order valence-corrected chi connectivity index (χ3v) is 4.35. The van der Waals surface area contributed by atoms with Crippen molar-refractivity contribution >= 4 is 23.7 Å². The fraction of sp³-hybridized carbons (Fsp3) is 0.636. The Balaban J connectivity index is 0.000000980. The highest BCUT2D eigenvalue weighted by molar-refractivity contribution is 7.12. The highest BCUT2D eigenvalue weighted by Gasteiger charge is 2.26. The van der Waals surface area contributed by atoms with E-state index in [1.165, 1.54) is 29.0 Å². The van der Waals surface area contributed by atoms with E-state index >= 15 is 0 Å². The number of hydrogen-bond donors (Lipinski definition) is 1. The Morgan fingerprint density at radius 1 is 1.50 bits per heavy atom. The zero-order chi connectivity index (χ0) is 9.26. The Morgan fingerprint density at radius 2 is 2.21 bits per heavy atom. The first-order chi connectivity index (χ1) is 6.31. The van der Waals surface area contributed by atoms with Crippen molar-refractivity contribution in [2.24, 2.45) is 11.7 Å². The van der Waals surface area contributed by atoms with Gasteiger partial charge in [-0.15, -0.1) is 23.7 Å². The number of hydrogen-bond acceptors (Lipinski definition) is 2. The standard InChI is InChI=1S/C11H17NS.ClH/c1-2-9-6-7-10(13-9)11(12)8-4-3-5-8;/h6-8,11H,2-5,12H2,1H3;1H/t11-;/m0./s1. The van der Waals surface area contributed by atoms with Crippen LogP contribution in [0.15, 0.2) is 12.1 Å². The summed E-state index contributed by atoms with van der Waals surface area (Å²) >= 11 is 1.89. The van der Waals surface area contributed by atoms with Crippen molar-refractivity contribution in [3.63, 3.8) is 0 Å². The second kappa shape index (κ2) is 5.15. The van der Waals surface area contributed by atoms with Crippen LogP contribution in [-0.4, -0.2) is 0 Å². The molecule has 1 aromatic rings. The molecule has 1 heterocycles.